The standard InChI is InChI=1S/C13H16N2/c1-10-11(2)14(4)15(12(10)3)13-8-6-5-7-9-13/h5-9H,3H2,1-2,4H3. The molecule has 1 heterocycles. The Labute approximate surface area is 91.1 Å². The fourth-order valence-electron chi connectivity index (χ4n) is 1.84. The third-order valence-electron chi connectivity index (χ3n) is 3.02. The Hall–Kier alpha value is -1.70. The monoisotopic (exact) mass is 200 g/mol. The van der Waals surface area contributed by atoms with E-state index in [0.717, 1.165) is 11.4 Å². The molecular formula is C13H16N2. The molecule has 0 saturated heterocycles. The fourth-order valence-corrected chi connectivity index (χ4v) is 1.84. The van der Waals surface area contributed by atoms with Gasteiger partial charge in [0.1, 0.15) is 0 Å². The number of hydrogen-bond acceptors (Lipinski definition) is 2. The number of benzene rings is 1. The van der Waals surface area contributed by atoms with E-state index in [2.05, 4.69) is 49.6 Å². The molecule has 2 nitrogen and oxygen atoms in total. The summed E-state index contributed by atoms with van der Waals surface area (Å²) in [5.41, 5.74) is 4.72. The van der Waals surface area contributed by atoms with E-state index < -0.39 is 0 Å². The molecule has 15 heavy (non-hydrogen) atoms. The van der Waals surface area contributed by atoms with Crippen LogP contribution in [0.3, 0.4) is 0 Å². The maximum absolute atomic E-state index is 4.12. The summed E-state index contributed by atoms with van der Waals surface area (Å²) >= 11 is 0. The molecule has 0 saturated carbocycles. The summed E-state index contributed by atoms with van der Waals surface area (Å²) in [6.07, 6.45) is 0. The number of allylic oxidation sites excluding steroid dienone is 2. The molecule has 0 spiro atoms. The first-order valence-corrected chi connectivity index (χ1v) is 5.08. The molecule has 0 fully saturated rings. The van der Waals surface area contributed by atoms with Crippen LogP contribution in [0.25, 0.3) is 0 Å². The Morgan fingerprint density at radius 1 is 1.07 bits per heavy atom. The topological polar surface area (TPSA) is 6.48 Å². The van der Waals surface area contributed by atoms with E-state index in [9.17, 15) is 0 Å². The molecule has 0 aliphatic carbocycles. The van der Waals surface area contributed by atoms with Crippen LogP contribution in [0.15, 0.2) is 53.9 Å². The molecule has 0 bridgehead atoms. The molecule has 2 rings (SSSR count). The van der Waals surface area contributed by atoms with E-state index >= 15 is 0 Å². The maximum Gasteiger partial charge on any atom is 0.0632 e. The Bertz CT molecular complexity index is 417. The largest absolute Gasteiger partial charge is 0.288 e. The first-order valence-electron chi connectivity index (χ1n) is 5.08. The van der Waals surface area contributed by atoms with E-state index in [0.29, 0.717) is 0 Å². The average molecular weight is 200 g/mol. The first kappa shape index (κ1) is 9.84. The Morgan fingerprint density at radius 3 is 2.13 bits per heavy atom. The van der Waals surface area contributed by atoms with Crippen LogP contribution in [0.1, 0.15) is 13.8 Å². The van der Waals surface area contributed by atoms with Gasteiger partial charge in [-0.1, -0.05) is 24.8 Å². The Balaban J connectivity index is 2.39. The summed E-state index contributed by atoms with van der Waals surface area (Å²) in [5, 5.41) is 4.26. The van der Waals surface area contributed by atoms with Crippen LogP contribution in [0.5, 0.6) is 0 Å². The molecule has 1 aliphatic rings. The minimum Gasteiger partial charge on any atom is -0.288 e. The minimum absolute atomic E-state index is 1.06. The highest BCUT2D eigenvalue weighted by Gasteiger charge is 2.25. The summed E-state index contributed by atoms with van der Waals surface area (Å²) in [4.78, 5) is 0. The Kier molecular flexibility index (Phi) is 2.27. The van der Waals surface area contributed by atoms with E-state index in [1.165, 1.54) is 11.3 Å². The SMILES string of the molecule is C=C1C(C)=C(C)N(C)N1c1ccccc1. The predicted molar refractivity (Wildman–Crippen MR) is 64.2 cm³/mol. The molecule has 1 aromatic carbocycles. The molecule has 1 aromatic rings. The molecule has 0 radical (unpaired) electrons. The third kappa shape index (κ3) is 1.42. The molecule has 0 N–H and O–H groups in total. The quantitative estimate of drug-likeness (QED) is 0.687. The van der Waals surface area contributed by atoms with Crippen LogP contribution in [-0.2, 0) is 0 Å². The van der Waals surface area contributed by atoms with Crippen molar-refractivity contribution < 1.29 is 0 Å². The second kappa shape index (κ2) is 3.46. The summed E-state index contributed by atoms with van der Waals surface area (Å²) in [7, 11) is 2.06. The van der Waals surface area contributed by atoms with Gasteiger partial charge in [0.15, 0.2) is 0 Å². The van der Waals surface area contributed by atoms with Crippen LogP contribution >= 0.6 is 0 Å². The van der Waals surface area contributed by atoms with Crippen molar-refractivity contribution in [3.63, 3.8) is 0 Å². The van der Waals surface area contributed by atoms with Gasteiger partial charge in [-0.3, -0.25) is 10.0 Å². The second-order valence-electron chi connectivity index (χ2n) is 3.83. The lowest BCUT2D eigenvalue weighted by Crippen LogP contribution is -2.32. The van der Waals surface area contributed by atoms with Crippen molar-refractivity contribution in [1.29, 1.82) is 0 Å². The summed E-state index contributed by atoms with van der Waals surface area (Å²) in [6.45, 7) is 8.34. The number of hydrazine groups is 1. The van der Waals surface area contributed by atoms with Crippen molar-refractivity contribution in [2.75, 3.05) is 12.1 Å². The van der Waals surface area contributed by atoms with Crippen molar-refractivity contribution in [2.24, 2.45) is 0 Å². The smallest absolute Gasteiger partial charge is 0.0632 e. The van der Waals surface area contributed by atoms with Crippen molar-refractivity contribution in [2.45, 2.75) is 13.8 Å². The number of para-hydroxylation sites is 1. The summed E-state index contributed by atoms with van der Waals surface area (Å²) < 4.78 is 0. The highest BCUT2D eigenvalue weighted by atomic mass is 15.6. The van der Waals surface area contributed by atoms with E-state index in [4.69, 9.17) is 0 Å². The van der Waals surface area contributed by atoms with Gasteiger partial charge in [-0.2, -0.15) is 0 Å². The van der Waals surface area contributed by atoms with Gasteiger partial charge in [-0.05, 0) is 31.6 Å². The van der Waals surface area contributed by atoms with Gasteiger partial charge >= 0.3 is 0 Å². The van der Waals surface area contributed by atoms with Gasteiger partial charge in [0.2, 0.25) is 0 Å². The molecule has 0 amide bonds. The number of anilines is 1. The van der Waals surface area contributed by atoms with Gasteiger partial charge in [0, 0.05) is 12.7 Å². The van der Waals surface area contributed by atoms with Gasteiger partial charge < -0.3 is 0 Å². The average Bonchev–Trinajstić information content (AvgIpc) is 2.45. The lowest BCUT2D eigenvalue weighted by molar-refractivity contribution is 0.438. The summed E-state index contributed by atoms with van der Waals surface area (Å²) in [6, 6.07) is 10.3. The molecular weight excluding hydrogens is 184 g/mol. The zero-order valence-electron chi connectivity index (χ0n) is 9.49. The number of rotatable bonds is 1. The van der Waals surface area contributed by atoms with Gasteiger partial charge in [0.05, 0.1) is 11.4 Å². The molecule has 1 aliphatic heterocycles. The highest BCUT2D eigenvalue weighted by Crippen LogP contribution is 2.33. The zero-order valence-corrected chi connectivity index (χ0v) is 9.49. The highest BCUT2D eigenvalue weighted by molar-refractivity contribution is 5.59. The van der Waals surface area contributed by atoms with Crippen LogP contribution in [-0.4, -0.2) is 12.1 Å². The van der Waals surface area contributed by atoms with Gasteiger partial charge in [0.25, 0.3) is 0 Å². The van der Waals surface area contributed by atoms with E-state index in [-0.39, 0.29) is 0 Å². The van der Waals surface area contributed by atoms with Crippen molar-refractivity contribution in [3.8, 4) is 0 Å². The van der Waals surface area contributed by atoms with Crippen LogP contribution < -0.4 is 5.01 Å². The van der Waals surface area contributed by atoms with Crippen LogP contribution in [0.2, 0.25) is 0 Å². The summed E-state index contributed by atoms with van der Waals surface area (Å²) in [5.74, 6) is 0. The zero-order chi connectivity index (χ0) is 11.0. The molecule has 78 valence electrons. The minimum atomic E-state index is 1.06. The predicted octanol–water partition coefficient (Wildman–Crippen LogP) is 3.16. The van der Waals surface area contributed by atoms with Crippen molar-refractivity contribution in [1.82, 2.24) is 5.01 Å². The normalized spacial score (nSPS) is 16.6. The lowest BCUT2D eigenvalue weighted by atomic mass is 10.2. The number of nitrogens with zero attached hydrogens (tertiary/aromatic N) is 2. The third-order valence-corrected chi connectivity index (χ3v) is 3.02. The molecule has 0 aromatic heterocycles. The van der Waals surface area contributed by atoms with Crippen LogP contribution in [0.4, 0.5) is 5.69 Å². The fraction of sp³-hybridized carbons (Fsp3) is 0.231. The number of hydrogen-bond donors (Lipinski definition) is 0. The molecule has 0 unspecified atom stereocenters. The molecule has 0 atom stereocenters. The van der Waals surface area contributed by atoms with Gasteiger partial charge in [-0.25, -0.2) is 0 Å². The lowest BCUT2D eigenvalue weighted by Gasteiger charge is -2.30. The van der Waals surface area contributed by atoms with Crippen molar-refractivity contribution >= 4 is 5.69 Å². The first-order chi connectivity index (χ1) is 7.13. The Morgan fingerprint density at radius 2 is 1.67 bits per heavy atom. The van der Waals surface area contributed by atoms with Gasteiger partial charge in [-0.15, -0.1) is 0 Å². The second-order valence-corrected chi connectivity index (χ2v) is 3.83. The van der Waals surface area contributed by atoms with E-state index in [1.807, 2.05) is 18.2 Å². The molecule has 2 heteroatoms. The van der Waals surface area contributed by atoms with E-state index in [1.54, 1.807) is 0 Å². The van der Waals surface area contributed by atoms with Crippen LogP contribution in [0, 0.1) is 0 Å². The maximum atomic E-state index is 4.12. The van der Waals surface area contributed by atoms with Crippen molar-refractivity contribution in [3.05, 3.63) is 53.9 Å².